The number of methoxy groups -OCH3 is 2. The smallest absolute Gasteiger partial charge is 0.165 e. The molecule has 0 fully saturated rings. The van der Waals surface area contributed by atoms with Crippen molar-refractivity contribution < 1.29 is 22.6 Å². The summed E-state index contributed by atoms with van der Waals surface area (Å²) in [5, 5.41) is 0. The first-order valence-electron chi connectivity index (χ1n) is 5.98. The summed E-state index contributed by atoms with van der Waals surface area (Å²) >= 11 is 3.19. The summed E-state index contributed by atoms with van der Waals surface area (Å²) in [6.45, 7) is 0. The van der Waals surface area contributed by atoms with Gasteiger partial charge in [0.25, 0.3) is 0 Å². The number of halogens is 4. The SMILES string of the molecule is COc1cc(F)c(C(Br)c2ccc(OC)c(F)c2)c(F)c1. The minimum Gasteiger partial charge on any atom is -0.497 e. The van der Waals surface area contributed by atoms with E-state index >= 15 is 0 Å². The predicted octanol–water partition coefficient (Wildman–Crippen LogP) is 4.61. The van der Waals surface area contributed by atoms with E-state index in [1.165, 1.54) is 32.4 Å². The fourth-order valence-corrected chi connectivity index (χ4v) is 2.65. The number of alkyl halides is 1. The van der Waals surface area contributed by atoms with Gasteiger partial charge in [-0.25, -0.2) is 13.2 Å². The first kappa shape index (κ1) is 15.7. The third kappa shape index (κ3) is 3.15. The summed E-state index contributed by atoms with van der Waals surface area (Å²) in [7, 11) is 2.66. The topological polar surface area (TPSA) is 18.5 Å². The molecule has 0 aliphatic carbocycles. The highest BCUT2D eigenvalue weighted by molar-refractivity contribution is 9.09. The summed E-state index contributed by atoms with van der Waals surface area (Å²) in [6.07, 6.45) is 0. The average Bonchev–Trinajstić information content (AvgIpc) is 2.46. The average molecular weight is 361 g/mol. The fraction of sp³-hybridized carbons (Fsp3) is 0.200. The normalized spacial score (nSPS) is 12.1. The first-order valence-corrected chi connectivity index (χ1v) is 6.90. The summed E-state index contributed by atoms with van der Waals surface area (Å²) in [5.74, 6) is -2.01. The molecule has 0 aliphatic rings. The molecule has 0 saturated carbocycles. The highest BCUT2D eigenvalue weighted by Crippen LogP contribution is 2.37. The molecule has 0 spiro atoms. The molecule has 2 rings (SSSR count). The van der Waals surface area contributed by atoms with E-state index in [2.05, 4.69) is 15.9 Å². The zero-order valence-electron chi connectivity index (χ0n) is 11.3. The second-order valence-electron chi connectivity index (χ2n) is 4.26. The maximum absolute atomic E-state index is 14.0. The standard InChI is InChI=1S/C15H12BrF3O2/c1-20-9-6-11(18)14(12(19)7-9)15(16)8-3-4-13(21-2)10(17)5-8/h3-7,15H,1-2H3. The third-order valence-corrected chi connectivity index (χ3v) is 4.00. The van der Waals surface area contributed by atoms with E-state index < -0.39 is 22.3 Å². The van der Waals surface area contributed by atoms with Gasteiger partial charge in [-0.3, -0.25) is 0 Å². The van der Waals surface area contributed by atoms with E-state index in [1.54, 1.807) is 0 Å². The van der Waals surface area contributed by atoms with Gasteiger partial charge in [0.05, 0.1) is 19.0 Å². The molecule has 21 heavy (non-hydrogen) atoms. The van der Waals surface area contributed by atoms with Crippen LogP contribution in [0.2, 0.25) is 0 Å². The molecular weight excluding hydrogens is 349 g/mol. The van der Waals surface area contributed by atoms with E-state index in [9.17, 15) is 13.2 Å². The van der Waals surface area contributed by atoms with Gasteiger partial charge in [-0.05, 0) is 17.7 Å². The lowest BCUT2D eigenvalue weighted by molar-refractivity contribution is 0.386. The lowest BCUT2D eigenvalue weighted by Gasteiger charge is -2.15. The van der Waals surface area contributed by atoms with Crippen LogP contribution in [0.5, 0.6) is 11.5 Å². The Kier molecular flexibility index (Phi) is 4.77. The molecule has 0 amide bonds. The van der Waals surface area contributed by atoms with Crippen molar-refractivity contribution in [2.45, 2.75) is 4.83 Å². The molecule has 1 atom stereocenters. The number of hydrogen-bond donors (Lipinski definition) is 0. The van der Waals surface area contributed by atoms with Crippen molar-refractivity contribution in [2.75, 3.05) is 14.2 Å². The molecule has 2 aromatic rings. The van der Waals surface area contributed by atoms with Crippen LogP contribution in [0.25, 0.3) is 0 Å². The molecule has 0 N–H and O–H groups in total. The Bertz CT molecular complexity index is 638. The molecule has 0 aromatic heterocycles. The monoisotopic (exact) mass is 360 g/mol. The van der Waals surface area contributed by atoms with Crippen LogP contribution in [-0.4, -0.2) is 14.2 Å². The molecule has 0 aliphatic heterocycles. The van der Waals surface area contributed by atoms with E-state index in [0.29, 0.717) is 5.56 Å². The second kappa shape index (κ2) is 6.39. The molecule has 0 heterocycles. The van der Waals surface area contributed by atoms with Gasteiger partial charge in [-0.2, -0.15) is 0 Å². The quantitative estimate of drug-likeness (QED) is 0.741. The Morgan fingerprint density at radius 2 is 1.52 bits per heavy atom. The Labute approximate surface area is 128 Å². The maximum Gasteiger partial charge on any atom is 0.165 e. The highest BCUT2D eigenvalue weighted by Gasteiger charge is 2.22. The van der Waals surface area contributed by atoms with Crippen LogP contribution in [0.15, 0.2) is 30.3 Å². The molecular formula is C15H12BrF3O2. The lowest BCUT2D eigenvalue weighted by atomic mass is 10.0. The van der Waals surface area contributed by atoms with E-state index in [0.717, 1.165) is 12.1 Å². The van der Waals surface area contributed by atoms with E-state index in [-0.39, 0.29) is 17.1 Å². The molecule has 1 unspecified atom stereocenters. The zero-order valence-corrected chi connectivity index (χ0v) is 12.9. The first-order chi connectivity index (χ1) is 9.97. The Morgan fingerprint density at radius 3 is 2.00 bits per heavy atom. The van der Waals surface area contributed by atoms with Gasteiger partial charge in [0.15, 0.2) is 11.6 Å². The molecule has 2 aromatic carbocycles. The van der Waals surface area contributed by atoms with E-state index in [1.807, 2.05) is 0 Å². The van der Waals surface area contributed by atoms with Crippen molar-refractivity contribution in [3.63, 3.8) is 0 Å². The van der Waals surface area contributed by atoms with Crippen LogP contribution >= 0.6 is 15.9 Å². The molecule has 6 heteroatoms. The largest absolute Gasteiger partial charge is 0.497 e. The van der Waals surface area contributed by atoms with Crippen molar-refractivity contribution in [1.82, 2.24) is 0 Å². The summed E-state index contributed by atoms with van der Waals surface area (Å²) in [6, 6.07) is 6.25. The second-order valence-corrected chi connectivity index (χ2v) is 5.18. The van der Waals surface area contributed by atoms with Gasteiger partial charge < -0.3 is 9.47 Å². The maximum atomic E-state index is 14.0. The Balaban J connectivity index is 2.44. The predicted molar refractivity (Wildman–Crippen MR) is 76.6 cm³/mol. The van der Waals surface area contributed by atoms with Crippen molar-refractivity contribution >= 4 is 15.9 Å². The van der Waals surface area contributed by atoms with Gasteiger partial charge in [-0.15, -0.1) is 0 Å². The molecule has 0 saturated heterocycles. The van der Waals surface area contributed by atoms with Crippen molar-refractivity contribution in [3.8, 4) is 11.5 Å². The molecule has 112 valence electrons. The van der Waals surface area contributed by atoms with Crippen LogP contribution in [0.1, 0.15) is 16.0 Å². The minimum absolute atomic E-state index is 0.0640. The van der Waals surface area contributed by atoms with Gasteiger partial charge in [-0.1, -0.05) is 22.0 Å². The summed E-state index contributed by atoms with van der Waals surface area (Å²) < 4.78 is 51.3. The highest BCUT2D eigenvalue weighted by atomic mass is 79.9. The Hall–Kier alpha value is -1.69. The number of benzene rings is 2. The van der Waals surface area contributed by atoms with Crippen LogP contribution < -0.4 is 9.47 Å². The fourth-order valence-electron chi connectivity index (χ4n) is 1.93. The molecule has 0 radical (unpaired) electrons. The minimum atomic E-state index is -0.830. The van der Waals surface area contributed by atoms with Crippen LogP contribution in [-0.2, 0) is 0 Å². The van der Waals surface area contributed by atoms with Crippen LogP contribution in [0, 0.1) is 17.5 Å². The Morgan fingerprint density at radius 1 is 0.905 bits per heavy atom. The van der Waals surface area contributed by atoms with Gasteiger partial charge in [0, 0.05) is 17.7 Å². The number of hydrogen-bond acceptors (Lipinski definition) is 2. The number of ether oxygens (including phenoxy) is 2. The van der Waals surface area contributed by atoms with Crippen molar-refractivity contribution in [2.24, 2.45) is 0 Å². The van der Waals surface area contributed by atoms with Crippen LogP contribution in [0.3, 0.4) is 0 Å². The van der Waals surface area contributed by atoms with Crippen molar-refractivity contribution in [1.29, 1.82) is 0 Å². The van der Waals surface area contributed by atoms with Gasteiger partial charge >= 0.3 is 0 Å². The van der Waals surface area contributed by atoms with E-state index in [4.69, 9.17) is 9.47 Å². The third-order valence-electron chi connectivity index (χ3n) is 3.01. The molecule has 0 bridgehead atoms. The summed E-state index contributed by atoms with van der Waals surface area (Å²) in [5.41, 5.74) is 0.164. The van der Waals surface area contributed by atoms with Crippen LogP contribution in [0.4, 0.5) is 13.2 Å². The number of rotatable bonds is 4. The van der Waals surface area contributed by atoms with Crippen molar-refractivity contribution in [3.05, 3.63) is 58.9 Å². The molecule has 2 nitrogen and oxygen atoms in total. The summed E-state index contributed by atoms with van der Waals surface area (Å²) in [4.78, 5) is -0.830. The zero-order chi connectivity index (χ0) is 15.6. The lowest BCUT2D eigenvalue weighted by Crippen LogP contribution is -2.02. The van der Waals surface area contributed by atoms with Gasteiger partial charge in [0.1, 0.15) is 17.4 Å². The van der Waals surface area contributed by atoms with Gasteiger partial charge in [0.2, 0.25) is 0 Å².